The Balaban J connectivity index is 1.31. The van der Waals surface area contributed by atoms with Crippen LogP contribution in [0.4, 0.5) is 9.59 Å². The van der Waals surface area contributed by atoms with Crippen LogP contribution in [0.3, 0.4) is 0 Å². The van der Waals surface area contributed by atoms with Crippen molar-refractivity contribution in [3.05, 3.63) is 130 Å². The second kappa shape index (κ2) is 34.6. The predicted octanol–water partition coefficient (Wildman–Crippen LogP) is 9.85. The fourth-order valence-electron chi connectivity index (χ4n) is 9.94. The molecule has 4 aromatic carbocycles. The predicted molar refractivity (Wildman–Crippen MR) is 312 cm³/mol. The molecule has 18 nitrogen and oxygen atoms in total. The van der Waals surface area contributed by atoms with Gasteiger partial charge in [0.05, 0.1) is 37.9 Å². The average Bonchev–Trinajstić information content (AvgIpc) is 4.52. The average molecular weight is 1160 g/mol. The molecule has 81 heavy (non-hydrogen) atoms. The van der Waals surface area contributed by atoms with Crippen molar-refractivity contribution in [2.45, 2.75) is 123 Å². The van der Waals surface area contributed by atoms with Crippen molar-refractivity contribution in [2.24, 2.45) is 0 Å². The molecule has 4 aromatic rings. The number of amides is 2. The van der Waals surface area contributed by atoms with Gasteiger partial charge in [-0.1, -0.05) is 84.9 Å². The second-order valence-corrected chi connectivity index (χ2v) is 24.9. The summed E-state index contributed by atoms with van der Waals surface area (Å²) in [5, 5.41) is 5.84. The third-order valence-electron chi connectivity index (χ3n) is 13.6. The molecule has 2 aliphatic heterocycles. The number of hydrogen-bond donors (Lipinski definition) is 2. The molecule has 2 fully saturated rings. The largest absolute Gasteiger partial charge is 0.500 e. The van der Waals surface area contributed by atoms with Gasteiger partial charge in [-0.15, -0.1) is 0 Å². The Morgan fingerprint density at radius 2 is 0.951 bits per heavy atom. The van der Waals surface area contributed by atoms with E-state index in [1.165, 1.54) is 0 Å². The summed E-state index contributed by atoms with van der Waals surface area (Å²) in [6, 6.07) is 34.6. The van der Waals surface area contributed by atoms with E-state index >= 15 is 0 Å². The molecule has 2 aliphatic rings. The molecule has 0 aliphatic carbocycles. The summed E-state index contributed by atoms with van der Waals surface area (Å²) in [5.74, 6) is 1.29. The zero-order valence-corrected chi connectivity index (χ0v) is 51.1. The van der Waals surface area contributed by atoms with Gasteiger partial charge in [0, 0.05) is 90.9 Å². The van der Waals surface area contributed by atoms with Crippen molar-refractivity contribution in [1.29, 1.82) is 0 Å². The van der Waals surface area contributed by atoms with Crippen molar-refractivity contribution in [3.63, 3.8) is 0 Å². The lowest BCUT2D eigenvalue weighted by Crippen LogP contribution is -2.46. The SMILES string of the molecule is CCOCC(COc1ccc(C(c2ccccc2)(c2ccccc2)c2ccc(OCC3CO3)c(CC(COCC)OC(=O)NCCC[Si](OCC)(OCC)OCC)c2)cc1CC1CO1)OC(=O)NCCC[Si](OCC)(OCC)OCC. The van der Waals surface area contributed by atoms with Crippen molar-refractivity contribution < 1.29 is 74.0 Å². The number of epoxide rings is 2. The van der Waals surface area contributed by atoms with Gasteiger partial charge >= 0.3 is 29.8 Å². The summed E-state index contributed by atoms with van der Waals surface area (Å²) in [5.41, 5.74) is 4.83. The van der Waals surface area contributed by atoms with Gasteiger partial charge in [-0.2, -0.15) is 0 Å². The van der Waals surface area contributed by atoms with Gasteiger partial charge in [0.15, 0.2) is 6.10 Å². The summed E-state index contributed by atoms with van der Waals surface area (Å²) >= 11 is 0. The van der Waals surface area contributed by atoms with Crippen LogP contribution >= 0.6 is 0 Å². The summed E-state index contributed by atoms with van der Waals surface area (Å²) < 4.78 is 84.6. The first kappa shape index (κ1) is 65.2. The third-order valence-corrected chi connectivity index (χ3v) is 19.9. The van der Waals surface area contributed by atoms with E-state index in [1.54, 1.807) is 0 Å². The zero-order valence-electron chi connectivity index (χ0n) is 49.1. The van der Waals surface area contributed by atoms with E-state index in [0.717, 1.165) is 33.4 Å². The van der Waals surface area contributed by atoms with Gasteiger partial charge in [-0.05, 0) is 114 Å². The van der Waals surface area contributed by atoms with E-state index in [4.69, 9.17) is 64.5 Å². The summed E-state index contributed by atoms with van der Waals surface area (Å²) in [6.45, 7) is 21.7. The van der Waals surface area contributed by atoms with Crippen molar-refractivity contribution in [1.82, 2.24) is 10.6 Å². The molecule has 2 N–H and O–H groups in total. The van der Waals surface area contributed by atoms with Gasteiger partial charge in [-0.25, -0.2) is 9.59 Å². The maximum atomic E-state index is 13.7. The lowest BCUT2D eigenvalue weighted by Gasteiger charge is -2.38. The fraction of sp³-hybridized carbons (Fsp3) is 0.574. The zero-order chi connectivity index (χ0) is 57.8. The first-order valence-electron chi connectivity index (χ1n) is 29.3. The van der Waals surface area contributed by atoms with Crippen LogP contribution in [0.5, 0.6) is 11.5 Å². The fourth-order valence-corrected chi connectivity index (χ4v) is 15.2. The van der Waals surface area contributed by atoms with Gasteiger partial charge < -0.3 is 75.1 Å². The van der Waals surface area contributed by atoms with E-state index in [9.17, 15) is 9.59 Å². The molecule has 448 valence electrons. The van der Waals surface area contributed by atoms with Crippen LogP contribution in [-0.2, 0) is 73.2 Å². The number of hydrogen-bond acceptors (Lipinski definition) is 16. The lowest BCUT2D eigenvalue weighted by molar-refractivity contribution is 0.00146. The molecule has 0 saturated carbocycles. The maximum Gasteiger partial charge on any atom is 0.500 e. The standard InChI is InChI=1S/C61H90N2O16Si2/c1-9-66-41-54(78-59(64)62-33-23-35-80(72-11-3,73-12-4)74-13-5)40-48-38-52(30-32-58(48)70-45-55-44-69-55)61(49-25-19-17-20-26-49,50-27-21-18-22-28-50)51-29-31-57(47(37-51)39-53-43-68-53)71-46-56(42-67-10-2)79-60(65)63-34-24-36-81(75-14-6,76-15-7)77-16-8/h17-22,25-32,37-38,53-56H,9-16,23-24,33-36,39-46H2,1-8H3,(H,62,64)(H,63,65). The molecular weight excluding hydrogens is 1070 g/mol. The number of benzene rings is 4. The minimum Gasteiger partial charge on any atom is -0.491 e. The van der Waals surface area contributed by atoms with Crippen LogP contribution in [0.25, 0.3) is 0 Å². The molecule has 0 radical (unpaired) electrons. The van der Waals surface area contributed by atoms with Crippen LogP contribution < -0.4 is 20.1 Å². The number of alkyl carbamates (subject to hydrolysis) is 2. The van der Waals surface area contributed by atoms with Crippen LogP contribution in [0.1, 0.15) is 102 Å². The Labute approximate surface area is 483 Å². The van der Waals surface area contributed by atoms with E-state index < -0.39 is 47.4 Å². The number of ether oxygens (including phenoxy) is 8. The van der Waals surface area contributed by atoms with Gasteiger partial charge in [0.1, 0.15) is 36.9 Å². The molecule has 2 heterocycles. The van der Waals surface area contributed by atoms with Crippen molar-refractivity contribution >= 4 is 29.8 Å². The normalized spacial score (nSPS) is 15.9. The van der Waals surface area contributed by atoms with Gasteiger partial charge in [0.2, 0.25) is 0 Å². The van der Waals surface area contributed by atoms with Crippen LogP contribution in [-0.4, -0.2) is 160 Å². The minimum absolute atomic E-state index is 0.000272. The van der Waals surface area contributed by atoms with Gasteiger partial charge in [0.25, 0.3) is 0 Å². The Kier molecular flexibility index (Phi) is 27.9. The molecule has 0 aromatic heterocycles. The summed E-state index contributed by atoms with van der Waals surface area (Å²) in [7, 11) is -5.77. The highest BCUT2D eigenvalue weighted by molar-refractivity contribution is 6.61. The second-order valence-electron chi connectivity index (χ2n) is 19.5. The smallest absolute Gasteiger partial charge is 0.491 e. The molecular formula is C61H90N2O16Si2. The molecule has 2 amide bonds. The van der Waals surface area contributed by atoms with Crippen molar-refractivity contribution in [3.8, 4) is 11.5 Å². The molecule has 0 bridgehead atoms. The number of rotatable bonds is 42. The number of carbonyl (C=O) groups is 2. The quantitative estimate of drug-likeness (QED) is 0.0184. The summed E-state index contributed by atoms with van der Waals surface area (Å²) in [6.07, 6.45) is -0.482. The van der Waals surface area contributed by atoms with Crippen LogP contribution in [0.2, 0.25) is 12.1 Å². The third kappa shape index (κ3) is 20.1. The molecule has 0 spiro atoms. The van der Waals surface area contributed by atoms with E-state index in [2.05, 4.69) is 83.4 Å². The molecule has 20 heteroatoms. The van der Waals surface area contributed by atoms with E-state index in [0.29, 0.717) is 129 Å². The molecule has 2 saturated heterocycles. The highest BCUT2D eigenvalue weighted by Gasteiger charge is 2.42. The monoisotopic (exact) mass is 1160 g/mol. The first-order chi connectivity index (χ1) is 39.5. The maximum absolute atomic E-state index is 13.7. The summed E-state index contributed by atoms with van der Waals surface area (Å²) in [4.78, 5) is 27.0. The minimum atomic E-state index is -2.90. The lowest BCUT2D eigenvalue weighted by atomic mass is 9.64. The van der Waals surface area contributed by atoms with E-state index in [-0.39, 0.29) is 38.4 Å². The highest BCUT2D eigenvalue weighted by Crippen LogP contribution is 2.47. The Hall–Kier alpha value is -4.95. The van der Waals surface area contributed by atoms with E-state index in [1.807, 2.05) is 79.7 Å². The molecule has 4 unspecified atom stereocenters. The Morgan fingerprint density at radius 1 is 0.519 bits per heavy atom. The Morgan fingerprint density at radius 3 is 1.40 bits per heavy atom. The highest BCUT2D eigenvalue weighted by atomic mass is 28.4. The molecule has 6 rings (SSSR count). The Bertz CT molecular complexity index is 2360. The van der Waals surface area contributed by atoms with Crippen LogP contribution in [0.15, 0.2) is 97.1 Å². The molecule has 4 atom stereocenters. The first-order valence-corrected chi connectivity index (χ1v) is 33.1. The number of nitrogens with one attached hydrogen (secondary N) is 2. The number of carbonyl (C=O) groups excluding carboxylic acids is 2. The van der Waals surface area contributed by atoms with Crippen LogP contribution in [0, 0.1) is 0 Å². The van der Waals surface area contributed by atoms with Gasteiger partial charge in [-0.3, -0.25) is 0 Å². The topological polar surface area (TPSA) is 194 Å². The van der Waals surface area contributed by atoms with Crippen molar-refractivity contribution in [2.75, 3.05) is 106 Å².